The molecule has 1 aromatic heterocycles. The number of carbonyl (C=O) groups excluding carboxylic acids is 1. The summed E-state index contributed by atoms with van der Waals surface area (Å²) in [7, 11) is 0. The van der Waals surface area contributed by atoms with Crippen molar-refractivity contribution >= 4 is 17.5 Å². The average Bonchev–Trinajstić information content (AvgIpc) is 3.11. The molecule has 0 atom stereocenters. The maximum atomic E-state index is 12.4. The van der Waals surface area contributed by atoms with Gasteiger partial charge in [-0.3, -0.25) is 14.9 Å². The molecule has 32 heavy (non-hydrogen) atoms. The van der Waals surface area contributed by atoms with Gasteiger partial charge in [0, 0.05) is 34.8 Å². The van der Waals surface area contributed by atoms with Gasteiger partial charge in [0.1, 0.15) is 0 Å². The monoisotopic (exact) mass is 422 g/mol. The van der Waals surface area contributed by atoms with Crippen LogP contribution in [0.5, 0.6) is 0 Å². The number of hydrogen-bond acceptors (Lipinski definition) is 3. The molecule has 0 aliphatic rings. The van der Waals surface area contributed by atoms with E-state index in [2.05, 4.69) is 10.6 Å². The number of rotatable bonds is 6. The van der Waals surface area contributed by atoms with E-state index < -0.39 is 4.92 Å². The SMILES string of the molecule is Cc1cc(/C=C/C(=O)c2ccccc2)c(C)n1-c1ccc(-c2ccc([N+](=O)[O-])cc2)cc1. The molecule has 0 bridgehead atoms. The van der Waals surface area contributed by atoms with Crippen LogP contribution in [0.3, 0.4) is 0 Å². The Labute approximate surface area is 186 Å². The molecule has 4 rings (SSSR count). The fourth-order valence-electron chi connectivity index (χ4n) is 3.80. The Morgan fingerprint density at radius 3 is 2.06 bits per heavy atom. The Kier molecular flexibility index (Phi) is 5.81. The summed E-state index contributed by atoms with van der Waals surface area (Å²) in [5.74, 6) is -0.0251. The second kappa shape index (κ2) is 8.86. The lowest BCUT2D eigenvalue weighted by molar-refractivity contribution is -0.384. The van der Waals surface area contributed by atoms with Crippen LogP contribution < -0.4 is 0 Å². The van der Waals surface area contributed by atoms with Gasteiger partial charge in [0.2, 0.25) is 0 Å². The van der Waals surface area contributed by atoms with Crippen molar-refractivity contribution < 1.29 is 9.72 Å². The molecule has 5 heteroatoms. The average molecular weight is 422 g/mol. The number of aromatic nitrogens is 1. The zero-order chi connectivity index (χ0) is 22.7. The largest absolute Gasteiger partial charge is 0.318 e. The van der Waals surface area contributed by atoms with Gasteiger partial charge < -0.3 is 4.57 Å². The van der Waals surface area contributed by atoms with Gasteiger partial charge in [0.15, 0.2) is 5.78 Å². The standard InChI is InChI=1S/C27H22N2O3/c1-19-18-24(12-17-27(30)23-6-4-3-5-7-23)20(2)28(19)25-13-8-21(9-14-25)22-10-15-26(16-11-22)29(31)32/h3-18H,1-2H3/b17-12+. The Balaban J connectivity index is 1.58. The van der Waals surface area contributed by atoms with Crippen LogP contribution in [0.4, 0.5) is 5.69 Å². The van der Waals surface area contributed by atoms with Gasteiger partial charge in [0.25, 0.3) is 5.69 Å². The van der Waals surface area contributed by atoms with Crippen molar-refractivity contribution in [2.45, 2.75) is 13.8 Å². The molecule has 3 aromatic carbocycles. The number of aryl methyl sites for hydroxylation is 1. The molecule has 0 saturated carbocycles. The number of non-ortho nitro benzene ring substituents is 1. The maximum Gasteiger partial charge on any atom is 0.269 e. The molecule has 1 heterocycles. The number of ketones is 1. The summed E-state index contributed by atoms with van der Waals surface area (Å²) < 4.78 is 2.15. The van der Waals surface area contributed by atoms with Crippen LogP contribution in [-0.2, 0) is 0 Å². The van der Waals surface area contributed by atoms with Gasteiger partial charge in [0.05, 0.1) is 4.92 Å². The second-order valence-electron chi connectivity index (χ2n) is 7.58. The van der Waals surface area contributed by atoms with Crippen molar-refractivity contribution in [2.75, 3.05) is 0 Å². The van der Waals surface area contributed by atoms with Crippen molar-refractivity contribution in [1.82, 2.24) is 4.57 Å². The minimum Gasteiger partial charge on any atom is -0.318 e. The Bertz CT molecular complexity index is 1300. The number of carbonyl (C=O) groups is 1. The summed E-state index contributed by atoms with van der Waals surface area (Å²) in [6, 6.07) is 25.9. The quantitative estimate of drug-likeness (QED) is 0.153. The van der Waals surface area contributed by atoms with Crippen LogP contribution in [-0.4, -0.2) is 15.3 Å². The molecule has 5 nitrogen and oxygen atoms in total. The van der Waals surface area contributed by atoms with Crippen molar-refractivity contribution in [3.8, 4) is 16.8 Å². The van der Waals surface area contributed by atoms with Crippen LogP contribution in [0.1, 0.15) is 27.3 Å². The number of benzene rings is 3. The van der Waals surface area contributed by atoms with Crippen LogP contribution in [0.15, 0.2) is 91.0 Å². The van der Waals surface area contributed by atoms with Gasteiger partial charge in [-0.2, -0.15) is 0 Å². The zero-order valence-electron chi connectivity index (χ0n) is 17.9. The Morgan fingerprint density at radius 2 is 1.47 bits per heavy atom. The van der Waals surface area contributed by atoms with Gasteiger partial charge in [-0.05, 0) is 73.0 Å². The van der Waals surface area contributed by atoms with E-state index in [0.717, 1.165) is 33.8 Å². The number of hydrogen-bond donors (Lipinski definition) is 0. The number of nitro groups is 1. The maximum absolute atomic E-state index is 12.4. The van der Waals surface area contributed by atoms with Crippen LogP contribution in [0.2, 0.25) is 0 Å². The summed E-state index contributed by atoms with van der Waals surface area (Å²) >= 11 is 0. The van der Waals surface area contributed by atoms with Gasteiger partial charge in [-0.1, -0.05) is 42.5 Å². The molecule has 0 aliphatic carbocycles. The first kappa shape index (κ1) is 21.0. The van der Waals surface area contributed by atoms with Crippen molar-refractivity contribution in [2.24, 2.45) is 0 Å². The van der Waals surface area contributed by atoms with Crippen LogP contribution in [0.25, 0.3) is 22.9 Å². The molecule has 0 spiro atoms. The normalized spacial score (nSPS) is 11.1. The van der Waals surface area contributed by atoms with Crippen molar-refractivity contribution in [3.05, 3.63) is 124 Å². The molecule has 0 unspecified atom stereocenters. The number of allylic oxidation sites excluding steroid dienone is 1. The zero-order valence-corrected chi connectivity index (χ0v) is 17.9. The van der Waals surface area contributed by atoms with Crippen molar-refractivity contribution in [1.29, 1.82) is 0 Å². The lowest BCUT2D eigenvalue weighted by Gasteiger charge is -2.11. The third-order valence-electron chi connectivity index (χ3n) is 5.48. The molecule has 0 amide bonds. The highest BCUT2D eigenvalue weighted by atomic mass is 16.6. The molecular formula is C27H22N2O3. The third-order valence-corrected chi connectivity index (χ3v) is 5.48. The summed E-state index contributed by atoms with van der Waals surface area (Å²) in [6.45, 7) is 4.07. The molecule has 4 aromatic rings. The van der Waals surface area contributed by atoms with E-state index in [4.69, 9.17) is 0 Å². The lowest BCUT2D eigenvalue weighted by Crippen LogP contribution is -1.99. The minimum atomic E-state index is -0.399. The molecule has 0 aliphatic heterocycles. The summed E-state index contributed by atoms with van der Waals surface area (Å²) in [5.41, 5.74) is 6.77. The van der Waals surface area contributed by atoms with E-state index >= 15 is 0 Å². The number of nitrogens with zero attached hydrogens (tertiary/aromatic N) is 2. The van der Waals surface area contributed by atoms with E-state index in [1.165, 1.54) is 12.1 Å². The highest BCUT2D eigenvalue weighted by Gasteiger charge is 2.11. The highest BCUT2D eigenvalue weighted by molar-refractivity contribution is 6.06. The van der Waals surface area contributed by atoms with Gasteiger partial charge in [-0.25, -0.2) is 0 Å². The first-order valence-electron chi connectivity index (χ1n) is 10.3. The minimum absolute atomic E-state index is 0.0251. The predicted molar refractivity (Wildman–Crippen MR) is 127 cm³/mol. The predicted octanol–water partition coefficient (Wildman–Crippen LogP) is 6.57. The molecule has 0 saturated heterocycles. The van der Waals surface area contributed by atoms with E-state index in [9.17, 15) is 14.9 Å². The highest BCUT2D eigenvalue weighted by Crippen LogP contribution is 2.26. The van der Waals surface area contributed by atoms with Crippen molar-refractivity contribution in [3.63, 3.8) is 0 Å². The summed E-state index contributed by atoms with van der Waals surface area (Å²) in [4.78, 5) is 22.8. The van der Waals surface area contributed by atoms with Crippen LogP contribution in [0, 0.1) is 24.0 Å². The van der Waals surface area contributed by atoms with E-state index in [1.807, 2.05) is 74.5 Å². The number of nitro benzene ring substituents is 1. The molecule has 158 valence electrons. The first-order chi connectivity index (χ1) is 15.4. The fourth-order valence-corrected chi connectivity index (χ4v) is 3.80. The Morgan fingerprint density at radius 1 is 0.875 bits per heavy atom. The molecule has 0 fully saturated rings. The van der Waals surface area contributed by atoms with Gasteiger partial charge in [-0.15, -0.1) is 0 Å². The molecular weight excluding hydrogens is 400 g/mol. The topological polar surface area (TPSA) is 65.1 Å². The smallest absolute Gasteiger partial charge is 0.269 e. The van der Waals surface area contributed by atoms with E-state index in [1.54, 1.807) is 18.2 Å². The summed E-state index contributed by atoms with van der Waals surface area (Å²) in [5, 5.41) is 10.9. The van der Waals surface area contributed by atoms with Crippen LogP contribution >= 0.6 is 0 Å². The third kappa shape index (κ3) is 4.27. The fraction of sp³-hybridized carbons (Fsp3) is 0.0741. The Hall–Kier alpha value is -4.25. The van der Waals surface area contributed by atoms with Gasteiger partial charge >= 0.3 is 0 Å². The van der Waals surface area contributed by atoms with E-state index in [0.29, 0.717) is 5.56 Å². The summed E-state index contributed by atoms with van der Waals surface area (Å²) in [6.07, 6.45) is 3.47. The lowest BCUT2D eigenvalue weighted by atomic mass is 10.0. The second-order valence-corrected chi connectivity index (χ2v) is 7.58. The first-order valence-corrected chi connectivity index (χ1v) is 10.3. The van der Waals surface area contributed by atoms with E-state index in [-0.39, 0.29) is 11.5 Å². The molecule has 0 radical (unpaired) electrons. The molecule has 0 N–H and O–H groups in total.